The number of carbonyl (C=O) groups excluding carboxylic acids is 1. The number of hydrogen-bond donors (Lipinski definition) is 1. The molecule has 0 radical (unpaired) electrons. The topological polar surface area (TPSA) is 64.3 Å². The van der Waals surface area contributed by atoms with Crippen LogP contribution >= 0.6 is 0 Å². The quantitative estimate of drug-likeness (QED) is 0.882. The largest absolute Gasteiger partial charge is 0.465 e. The van der Waals surface area contributed by atoms with Crippen molar-refractivity contribution in [3.05, 3.63) is 30.0 Å². The van der Waals surface area contributed by atoms with Gasteiger partial charge >= 0.3 is 5.97 Å². The summed E-state index contributed by atoms with van der Waals surface area (Å²) in [6.07, 6.45) is 6.22. The number of fused-ring (bicyclic) bond motifs is 1. The predicted molar refractivity (Wildman–Crippen MR) is 79.2 cm³/mol. The maximum absolute atomic E-state index is 11.6. The number of carbonyl (C=O) groups is 1. The number of aliphatic hydroxyl groups excluding tert-OH is 1. The van der Waals surface area contributed by atoms with Crippen molar-refractivity contribution in [3.63, 3.8) is 0 Å². The third-order valence-electron chi connectivity index (χ3n) is 4.39. The van der Waals surface area contributed by atoms with Gasteiger partial charge in [-0.2, -0.15) is 5.10 Å². The number of hydrogen-bond acceptors (Lipinski definition) is 4. The van der Waals surface area contributed by atoms with Crippen molar-refractivity contribution in [2.75, 3.05) is 13.7 Å². The molecule has 5 nitrogen and oxygen atoms in total. The molecule has 1 fully saturated rings. The highest BCUT2D eigenvalue weighted by molar-refractivity contribution is 5.94. The number of methoxy groups -OCH3 is 1. The van der Waals surface area contributed by atoms with Gasteiger partial charge in [-0.1, -0.05) is 6.07 Å². The molecule has 1 aliphatic carbocycles. The van der Waals surface area contributed by atoms with Crippen molar-refractivity contribution in [1.82, 2.24) is 9.78 Å². The maximum Gasteiger partial charge on any atom is 0.337 e. The number of aliphatic hydroxyl groups is 1. The van der Waals surface area contributed by atoms with Crippen molar-refractivity contribution < 1.29 is 14.6 Å². The third-order valence-corrected chi connectivity index (χ3v) is 4.39. The first-order valence-electron chi connectivity index (χ1n) is 7.39. The first-order chi connectivity index (χ1) is 10.2. The summed E-state index contributed by atoms with van der Waals surface area (Å²) in [5.41, 5.74) is 1.35. The van der Waals surface area contributed by atoms with Gasteiger partial charge in [0.05, 0.1) is 24.2 Å². The van der Waals surface area contributed by atoms with Crippen LogP contribution < -0.4 is 0 Å². The molecule has 1 N–H and O–H groups in total. The molecule has 0 spiro atoms. The summed E-state index contributed by atoms with van der Waals surface area (Å²) in [7, 11) is 1.38. The highest BCUT2D eigenvalue weighted by Crippen LogP contribution is 2.32. The molecule has 0 amide bonds. The fraction of sp³-hybridized carbons (Fsp3) is 0.500. The van der Waals surface area contributed by atoms with Crippen LogP contribution in [-0.4, -0.2) is 34.6 Å². The molecular weight excluding hydrogens is 268 g/mol. The lowest BCUT2D eigenvalue weighted by Gasteiger charge is -2.27. The summed E-state index contributed by atoms with van der Waals surface area (Å²) in [5, 5.41) is 14.8. The van der Waals surface area contributed by atoms with Crippen LogP contribution in [0.15, 0.2) is 24.4 Å². The Hall–Kier alpha value is -1.88. The van der Waals surface area contributed by atoms with Gasteiger partial charge in [-0.25, -0.2) is 4.79 Å². The second-order valence-corrected chi connectivity index (χ2v) is 5.73. The Bertz CT molecular complexity index is 642. The predicted octanol–water partition coefficient (Wildman–Crippen LogP) is 2.55. The lowest BCUT2D eigenvalue weighted by atomic mass is 9.87. The van der Waals surface area contributed by atoms with Gasteiger partial charge in [0.2, 0.25) is 0 Å². The zero-order chi connectivity index (χ0) is 14.8. The lowest BCUT2D eigenvalue weighted by molar-refractivity contribution is 0.0601. The van der Waals surface area contributed by atoms with Crippen molar-refractivity contribution in [2.45, 2.75) is 31.7 Å². The van der Waals surface area contributed by atoms with E-state index in [9.17, 15) is 9.90 Å². The van der Waals surface area contributed by atoms with Gasteiger partial charge in [-0.05, 0) is 43.7 Å². The number of esters is 1. The molecule has 1 aromatic carbocycles. The molecule has 112 valence electrons. The van der Waals surface area contributed by atoms with E-state index in [0.29, 0.717) is 17.5 Å². The molecule has 3 rings (SSSR count). The maximum atomic E-state index is 11.6. The van der Waals surface area contributed by atoms with E-state index in [0.717, 1.165) is 36.6 Å². The Morgan fingerprint density at radius 2 is 2.14 bits per heavy atom. The molecule has 0 atom stereocenters. The normalized spacial score (nSPS) is 22.4. The van der Waals surface area contributed by atoms with Gasteiger partial charge in [-0.15, -0.1) is 0 Å². The SMILES string of the molecule is COC(=O)c1ccc2cn(C3CCC(CO)CC3)nc2c1. The standard InChI is InChI=1S/C16H20N2O3/c1-21-16(20)12-4-5-13-9-18(17-15(13)8-12)14-6-2-11(10-19)3-7-14/h4-5,8-9,11,14,19H,2-3,6-7,10H2,1H3. The number of nitrogens with zero attached hydrogens (tertiary/aromatic N) is 2. The van der Waals surface area contributed by atoms with Crippen LogP contribution in [0, 0.1) is 5.92 Å². The first-order valence-corrected chi connectivity index (χ1v) is 7.39. The fourth-order valence-electron chi connectivity index (χ4n) is 3.06. The minimum atomic E-state index is -0.338. The smallest absolute Gasteiger partial charge is 0.337 e. The minimum Gasteiger partial charge on any atom is -0.465 e. The average Bonchev–Trinajstić information content (AvgIpc) is 2.97. The van der Waals surface area contributed by atoms with E-state index in [1.807, 2.05) is 16.9 Å². The Kier molecular flexibility index (Phi) is 3.92. The van der Waals surface area contributed by atoms with Gasteiger partial charge in [-0.3, -0.25) is 4.68 Å². The first kappa shape index (κ1) is 14.1. The van der Waals surface area contributed by atoms with Crippen LogP contribution in [0.4, 0.5) is 0 Å². The van der Waals surface area contributed by atoms with Gasteiger partial charge in [0.1, 0.15) is 0 Å². The molecule has 0 aliphatic heterocycles. The molecule has 1 heterocycles. The third kappa shape index (κ3) is 2.78. The van der Waals surface area contributed by atoms with Crippen LogP contribution in [0.25, 0.3) is 10.9 Å². The van der Waals surface area contributed by atoms with Crippen LogP contribution in [0.5, 0.6) is 0 Å². The van der Waals surface area contributed by atoms with Gasteiger partial charge in [0.25, 0.3) is 0 Å². The van der Waals surface area contributed by atoms with Crippen molar-refractivity contribution in [2.24, 2.45) is 5.92 Å². The lowest BCUT2D eigenvalue weighted by Crippen LogP contribution is -2.20. The van der Waals surface area contributed by atoms with E-state index in [4.69, 9.17) is 4.74 Å². The minimum absolute atomic E-state index is 0.288. The molecule has 2 aromatic rings. The van der Waals surface area contributed by atoms with Crippen LogP contribution in [-0.2, 0) is 4.74 Å². The Morgan fingerprint density at radius 3 is 2.81 bits per heavy atom. The van der Waals surface area contributed by atoms with E-state index < -0.39 is 0 Å². The molecule has 5 heteroatoms. The molecular formula is C16H20N2O3. The zero-order valence-corrected chi connectivity index (χ0v) is 12.2. The van der Waals surface area contributed by atoms with Crippen molar-refractivity contribution >= 4 is 16.9 Å². The highest BCUT2D eigenvalue weighted by atomic mass is 16.5. The Labute approximate surface area is 123 Å². The summed E-state index contributed by atoms with van der Waals surface area (Å²) < 4.78 is 6.75. The Balaban J connectivity index is 1.83. The van der Waals surface area contributed by atoms with Gasteiger partial charge in [0.15, 0.2) is 0 Å². The van der Waals surface area contributed by atoms with E-state index in [2.05, 4.69) is 5.10 Å². The summed E-state index contributed by atoms with van der Waals surface area (Å²) in [6, 6.07) is 5.84. The summed E-state index contributed by atoms with van der Waals surface area (Å²) in [5.74, 6) is 0.104. The monoisotopic (exact) mass is 288 g/mol. The van der Waals surface area contributed by atoms with Gasteiger partial charge in [0, 0.05) is 18.2 Å². The van der Waals surface area contributed by atoms with E-state index >= 15 is 0 Å². The second kappa shape index (κ2) is 5.85. The number of ether oxygens (including phenoxy) is 1. The summed E-state index contributed by atoms with van der Waals surface area (Å²) >= 11 is 0. The van der Waals surface area contributed by atoms with Crippen molar-refractivity contribution in [1.29, 1.82) is 0 Å². The molecule has 1 aliphatic rings. The molecule has 0 bridgehead atoms. The average molecular weight is 288 g/mol. The van der Waals surface area contributed by atoms with Crippen LogP contribution in [0.1, 0.15) is 42.1 Å². The Morgan fingerprint density at radius 1 is 1.38 bits per heavy atom. The summed E-state index contributed by atoms with van der Waals surface area (Å²) in [4.78, 5) is 11.6. The van der Waals surface area contributed by atoms with E-state index in [1.165, 1.54) is 7.11 Å². The number of aromatic nitrogens is 2. The van der Waals surface area contributed by atoms with E-state index in [1.54, 1.807) is 12.1 Å². The molecule has 0 unspecified atom stereocenters. The van der Waals surface area contributed by atoms with Crippen LogP contribution in [0.3, 0.4) is 0 Å². The molecule has 21 heavy (non-hydrogen) atoms. The zero-order valence-electron chi connectivity index (χ0n) is 12.2. The molecule has 0 saturated heterocycles. The highest BCUT2D eigenvalue weighted by Gasteiger charge is 2.22. The molecule has 1 aromatic heterocycles. The van der Waals surface area contributed by atoms with Crippen LogP contribution in [0.2, 0.25) is 0 Å². The summed E-state index contributed by atoms with van der Waals surface area (Å²) in [6.45, 7) is 0.288. The number of rotatable bonds is 3. The number of benzene rings is 1. The fourth-order valence-corrected chi connectivity index (χ4v) is 3.06. The van der Waals surface area contributed by atoms with E-state index in [-0.39, 0.29) is 12.6 Å². The van der Waals surface area contributed by atoms with Gasteiger partial charge < -0.3 is 9.84 Å². The second-order valence-electron chi connectivity index (χ2n) is 5.73. The van der Waals surface area contributed by atoms with Crippen molar-refractivity contribution in [3.8, 4) is 0 Å². The molecule has 1 saturated carbocycles.